The monoisotopic (exact) mass is 553 g/mol. The number of hydrogen-bond donors (Lipinski definition) is 4. The van der Waals surface area contributed by atoms with E-state index in [0.717, 1.165) is 18.7 Å². The van der Waals surface area contributed by atoms with E-state index in [4.69, 9.17) is 19.4 Å². The highest BCUT2D eigenvalue weighted by Gasteiger charge is 2.37. The molecule has 0 bridgehead atoms. The van der Waals surface area contributed by atoms with Crippen LogP contribution in [0.1, 0.15) is 29.8 Å². The van der Waals surface area contributed by atoms with Crippen molar-refractivity contribution in [3.05, 3.63) is 94.7 Å². The Labute approximate surface area is 237 Å². The molecule has 40 heavy (non-hydrogen) atoms. The van der Waals surface area contributed by atoms with Gasteiger partial charge in [0.05, 0.1) is 32.9 Å². The van der Waals surface area contributed by atoms with Crippen LogP contribution in [-0.4, -0.2) is 40.0 Å². The molecule has 1 atom stereocenters. The van der Waals surface area contributed by atoms with E-state index in [1.165, 1.54) is 18.3 Å². The predicted octanol–water partition coefficient (Wildman–Crippen LogP) is 4.05. The summed E-state index contributed by atoms with van der Waals surface area (Å²) in [4.78, 5) is 8.82. The topological polar surface area (TPSA) is 106 Å². The molecule has 4 aromatic rings. The Hall–Kier alpha value is -4.27. The van der Waals surface area contributed by atoms with E-state index in [9.17, 15) is 9.65 Å². The Morgan fingerprint density at radius 1 is 1.25 bits per heavy atom. The average Bonchev–Trinajstić information content (AvgIpc) is 3.52. The zero-order valence-electron chi connectivity index (χ0n) is 21.7. The first kappa shape index (κ1) is 26.0. The SMILES string of the molecule is [B]C(Nc1cc(Cl)c2ncc(C#N)c(NCCc3nccn3C)c2c1)(C1=CN(C2CC2)NN1)c1ccc(F)cc1. The fourth-order valence-electron chi connectivity index (χ4n) is 4.86. The van der Waals surface area contributed by atoms with Crippen molar-refractivity contribution in [2.75, 3.05) is 17.2 Å². The maximum Gasteiger partial charge on any atom is 0.123 e. The Morgan fingerprint density at radius 3 is 2.75 bits per heavy atom. The minimum absolute atomic E-state index is 0.359. The zero-order chi connectivity index (χ0) is 27.9. The number of hydrazine groups is 2. The maximum absolute atomic E-state index is 13.8. The summed E-state index contributed by atoms with van der Waals surface area (Å²) >= 11 is 6.73. The minimum atomic E-state index is -1.27. The van der Waals surface area contributed by atoms with Crippen molar-refractivity contribution in [1.29, 1.82) is 5.26 Å². The van der Waals surface area contributed by atoms with Gasteiger partial charge in [-0.1, -0.05) is 23.7 Å². The summed E-state index contributed by atoms with van der Waals surface area (Å²) in [7, 11) is 9.00. The fraction of sp³-hybridized carbons (Fsp3) is 0.250. The summed E-state index contributed by atoms with van der Waals surface area (Å²) in [5, 5.41) is 19.7. The zero-order valence-corrected chi connectivity index (χ0v) is 22.5. The molecule has 1 unspecified atom stereocenters. The van der Waals surface area contributed by atoms with E-state index >= 15 is 0 Å². The van der Waals surface area contributed by atoms with Gasteiger partial charge in [-0.25, -0.2) is 9.37 Å². The molecule has 0 amide bonds. The van der Waals surface area contributed by atoms with E-state index in [1.807, 2.05) is 35.1 Å². The molecule has 1 aliphatic carbocycles. The van der Waals surface area contributed by atoms with Crippen molar-refractivity contribution in [3.63, 3.8) is 0 Å². The lowest BCUT2D eigenvalue weighted by Gasteiger charge is -2.34. The summed E-state index contributed by atoms with van der Waals surface area (Å²) in [6.45, 7) is 0.545. The Morgan fingerprint density at radius 2 is 2.05 bits per heavy atom. The molecule has 1 saturated carbocycles. The lowest BCUT2D eigenvalue weighted by Crippen LogP contribution is -2.45. The number of imidazole rings is 1. The van der Waals surface area contributed by atoms with Crippen LogP contribution in [0.15, 0.2) is 66.9 Å². The normalized spacial score (nSPS) is 16.2. The second-order valence-corrected chi connectivity index (χ2v) is 10.4. The molecule has 1 fully saturated rings. The second-order valence-electron chi connectivity index (χ2n) is 10.0. The highest BCUT2D eigenvalue weighted by atomic mass is 35.5. The molecule has 2 aromatic carbocycles. The number of nitrogens with zero attached hydrogens (tertiary/aromatic N) is 5. The molecule has 2 aliphatic rings. The number of rotatable bonds is 9. The van der Waals surface area contributed by atoms with Crippen molar-refractivity contribution in [3.8, 4) is 6.07 Å². The first-order valence-corrected chi connectivity index (χ1v) is 13.3. The molecular formula is C28H26BClFN9. The second kappa shape index (κ2) is 10.4. The molecule has 2 radical (unpaired) electrons. The van der Waals surface area contributed by atoms with Crippen molar-refractivity contribution in [2.24, 2.45) is 7.05 Å². The lowest BCUT2D eigenvalue weighted by molar-refractivity contribution is 0.260. The number of benzene rings is 2. The molecule has 0 spiro atoms. The number of anilines is 2. The van der Waals surface area contributed by atoms with Gasteiger partial charge in [0.2, 0.25) is 0 Å². The van der Waals surface area contributed by atoms with Gasteiger partial charge >= 0.3 is 0 Å². The first-order valence-electron chi connectivity index (χ1n) is 12.9. The molecule has 3 heterocycles. The summed E-state index contributed by atoms with van der Waals surface area (Å²) in [6.07, 6.45) is 9.92. The quantitative estimate of drug-likeness (QED) is 0.230. The molecule has 9 nitrogen and oxygen atoms in total. The summed E-state index contributed by atoms with van der Waals surface area (Å²) in [6, 6.07) is 12.3. The lowest BCUT2D eigenvalue weighted by atomic mass is 9.69. The molecular weight excluding hydrogens is 528 g/mol. The van der Waals surface area contributed by atoms with Crippen LogP contribution in [0.5, 0.6) is 0 Å². The first-order chi connectivity index (χ1) is 19.4. The van der Waals surface area contributed by atoms with Crippen molar-refractivity contribution >= 4 is 41.7 Å². The molecule has 200 valence electrons. The summed E-state index contributed by atoms with van der Waals surface area (Å²) in [5.41, 5.74) is 8.51. The number of aryl methyl sites for hydroxylation is 1. The van der Waals surface area contributed by atoms with Crippen LogP contribution in [-0.2, 0) is 18.9 Å². The van der Waals surface area contributed by atoms with Gasteiger partial charge < -0.3 is 20.6 Å². The third-order valence-electron chi connectivity index (χ3n) is 7.21. The van der Waals surface area contributed by atoms with Crippen molar-refractivity contribution in [2.45, 2.75) is 30.7 Å². The Balaban J connectivity index is 1.38. The number of pyridine rings is 1. The number of hydrogen-bond acceptors (Lipinski definition) is 8. The molecule has 0 saturated heterocycles. The number of halogens is 2. The summed E-state index contributed by atoms with van der Waals surface area (Å²) < 4.78 is 15.8. The summed E-state index contributed by atoms with van der Waals surface area (Å²) in [5.74, 6) is 0.561. The third-order valence-corrected chi connectivity index (χ3v) is 7.50. The van der Waals surface area contributed by atoms with E-state index in [1.54, 1.807) is 24.4 Å². The number of nitrogens with one attached hydrogen (secondary N) is 4. The smallest absolute Gasteiger partial charge is 0.123 e. The molecule has 4 N–H and O–H groups in total. The van der Waals surface area contributed by atoms with Crippen LogP contribution >= 0.6 is 11.6 Å². The van der Waals surface area contributed by atoms with Crippen LogP contribution in [0.3, 0.4) is 0 Å². The molecule has 12 heteroatoms. The largest absolute Gasteiger partial charge is 0.383 e. The third kappa shape index (κ3) is 4.92. The van der Waals surface area contributed by atoms with Gasteiger partial charge in [0.15, 0.2) is 0 Å². The number of aromatic nitrogens is 3. The van der Waals surface area contributed by atoms with E-state index < -0.39 is 5.44 Å². The van der Waals surface area contributed by atoms with E-state index in [2.05, 4.69) is 37.6 Å². The van der Waals surface area contributed by atoms with Crippen LogP contribution in [0.25, 0.3) is 10.9 Å². The van der Waals surface area contributed by atoms with Gasteiger partial charge in [-0.15, -0.1) is 5.53 Å². The predicted molar refractivity (Wildman–Crippen MR) is 154 cm³/mol. The Bertz CT molecular complexity index is 1640. The van der Waals surface area contributed by atoms with Gasteiger partial charge in [-0.2, -0.15) is 5.26 Å². The van der Waals surface area contributed by atoms with Gasteiger partial charge in [0.1, 0.15) is 25.6 Å². The minimum Gasteiger partial charge on any atom is -0.383 e. The molecule has 6 rings (SSSR count). The fourth-order valence-corrected chi connectivity index (χ4v) is 5.13. The highest BCUT2D eigenvalue weighted by molar-refractivity contribution is 6.36. The Kier molecular flexibility index (Phi) is 6.74. The van der Waals surface area contributed by atoms with E-state index in [-0.39, 0.29) is 5.82 Å². The van der Waals surface area contributed by atoms with Gasteiger partial charge in [-0.05, 0) is 42.7 Å². The van der Waals surface area contributed by atoms with Crippen LogP contribution < -0.4 is 21.6 Å². The number of nitriles is 1. The molecule has 2 aromatic heterocycles. The van der Waals surface area contributed by atoms with E-state index in [0.29, 0.717) is 63.1 Å². The standard InChI is InChI=1S/C28H26BClFN9/c1-39-11-10-33-25(39)8-9-34-26-17(14-32)15-35-27-22(26)12-20(13-23(27)30)36-28(29,18-2-4-19(31)5-3-18)24-16-40(38-37-24)21-6-7-21/h2-5,10-13,15-16,21,36-38H,6-9H2,1H3,(H,34,35). The van der Waals surface area contributed by atoms with Gasteiger partial charge in [-0.3, -0.25) is 9.99 Å². The molecule has 1 aliphatic heterocycles. The van der Waals surface area contributed by atoms with Crippen LogP contribution in [0, 0.1) is 17.1 Å². The average molecular weight is 554 g/mol. The van der Waals surface area contributed by atoms with Gasteiger partial charge in [0.25, 0.3) is 0 Å². The van der Waals surface area contributed by atoms with Gasteiger partial charge in [0, 0.05) is 61.9 Å². The van der Waals surface area contributed by atoms with Crippen molar-refractivity contribution in [1.82, 2.24) is 30.5 Å². The van der Waals surface area contributed by atoms with Crippen LogP contribution in [0.4, 0.5) is 15.8 Å². The maximum atomic E-state index is 13.8. The van der Waals surface area contributed by atoms with Crippen LogP contribution in [0.2, 0.25) is 5.02 Å². The van der Waals surface area contributed by atoms with Crippen molar-refractivity contribution < 1.29 is 4.39 Å². The number of fused-ring (bicyclic) bond motifs is 1. The highest BCUT2D eigenvalue weighted by Crippen LogP contribution is 2.38.